The van der Waals surface area contributed by atoms with Gasteiger partial charge in [0.25, 0.3) is 0 Å². The third kappa shape index (κ3) is 3.96. The minimum absolute atomic E-state index is 0.203. The second-order valence-electron chi connectivity index (χ2n) is 8.51. The number of ketones is 2. The van der Waals surface area contributed by atoms with Gasteiger partial charge in [-0.25, -0.2) is 0 Å². The molecule has 0 spiro atoms. The number of hydrogen-bond donors (Lipinski definition) is 1. The Morgan fingerprint density at radius 2 is 1.34 bits per heavy atom. The SMILES string of the molecule is Cc1ccc(N(C=O)c2ccc(Nc3ccc(C)cc3Br)c3c2C(=O)c2ccccc2C3=O)cc1. The van der Waals surface area contributed by atoms with Crippen molar-refractivity contribution >= 4 is 56.7 Å². The van der Waals surface area contributed by atoms with Gasteiger partial charge in [0.1, 0.15) is 0 Å². The van der Waals surface area contributed by atoms with Gasteiger partial charge in [0.2, 0.25) is 6.41 Å². The largest absolute Gasteiger partial charge is 0.354 e. The zero-order valence-corrected chi connectivity index (χ0v) is 20.7. The van der Waals surface area contributed by atoms with Gasteiger partial charge in [0, 0.05) is 21.3 Å². The number of nitrogens with one attached hydrogen (secondary N) is 1. The Hall–Kier alpha value is -4.03. The van der Waals surface area contributed by atoms with E-state index in [-0.39, 0.29) is 22.7 Å². The van der Waals surface area contributed by atoms with Gasteiger partial charge in [-0.05, 0) is 71.7 Å². The molecular formula is C29H21BrN2O3. The third-order valence-electron chi connectivity index (χ3n) is 6.12. The van der Waals surface area contributed by atoms with Crippen molar-refractivity contribution in [3.05, 3.63) is 117 Å². The minimum Gasteiger partial charge on any atom is -0.354 e. The van der Waals surface area contributed by atoms with Crippen LogP contribution < -0.4 is 10.2 Å². The molecule has 1 aliphatic rings. The van der Waals surface area contributed by atoms with Gasteiger partial charge in [-0.1, -0.05) is 48.0 Å². The lowest BCUT2D eigenvalue weighted by atomic mass is 9.82. The fourth-order valence-corrected chi connectivity index (χ4v) is 4.93. The number of carbonyl (C=O) groups excluding carboxylic acids is 3. The second-order valence-corrected chi connectivity index (χ2v) is 9.36. The predicted octanol–water partition coefficient (Wildman–Crippen LogP) is 6.88. The van der Waals surface area contributed by atoms with Crippen LogP contribution in [0.25, 0.3) is 0 Å². The average Bonchev–Trinajstić information content (AvgIpc) is 2.86. The van der Waals surface area contributed by atoms with Crippen LogP contribution in [-0.4, -0.2) is 18.0 Å². The van der Waals surface area contributed by atoms with Crippen LogP contribution >= 0.6 is 15.9 Å². The lowest BCUT2D eigenvalue weighted by molar-refractivity contribution is -0.106. The van der Waals surface area contributed by atoms with E-state index in [4.69, 9.17) is 0 Å². The molecule has 0 atom stereocenters. The fourth-order valence-electron chi connectivity index (χ4n) is 4.34. The standard InChI is InChI=1S/C29H21BrN2O3/c1-17-7-10-19(11-8-17)32(16-33)25-14-13-24(31-23-12-9-18(2)15-22(23)30)26-27(25)29(35)21-6-4-3-5-20(21)28(26)34/h3-16,31H,1-2H3. The number of anilines is 4. The molecule has 172 valence electrons. The zero-order valence-electron chi connectivity index (χ0n) is 19.1. The van der Waals surface area contributed by atoms with Gasteiger partial charge in [0.15, 0.2) is 11.6 Å². The summed E-state index contributed by atoms with van der Waals surface area (Å²) in [7, 11) is 0. The summed E-state index contributed by atoms with van der Waals surface area (Å²) in [5.74, 6) is -0.562. The monoisotopic (exact) mass is 524 g/mol. The van der Waals surface area contributed by atoms with E-state index in [0.29, 0.717) is 34.6 Å². The van der Waals surface area contributed by atoms with Crippen LogP contribution in [0.15, 0.2) is 83.3 Å². The highest BCUT2D eigenvalue weighted by Gasteiger charge is 2.35. The van der Waals surface area contributed by atoms with Gasteiger partial charge in [-0.3, -0.25) is 19.3 Å². The van der Waals surface area contributed by atoms with Crippen molar-refractivity contribution in [2.75, 3.05) is 10.2 Å². The van der Waals surface area contributed by atoms with Crippen LogP contribution in [0.3, 0.4) is 0 Å². The number of aryl methyl sites for hydroxylation is 2. The van der Waals surface area contributed by atoms with Gasteiger partial charge >= 0.3 is 0 Å². The molecule has 4 aromatic rings. The maximum atomic E-state index is 13.8. The van der Waals surface area contributed by atoms with Crippen molar-refractivity contribution in [2.45, 2.75) is 13.8 Å². The van der Waals surface area contributed by atoms with E-state index in [0.717, 1.165) is 21.3 Å². The molecule has 0 bridgehead atoms. The fraction of sp³-hybridized carbons (Fsp3) is 0.0690. The maximum absolute atomic E-state index is 13.8. The molecule has 5 rings (SSSR count). The first-order valence-corrected chi connectivity index (χ1v) is 11.9. The number of halogens is 1. The first-order valence-electron chi connectivity index (χ1n) is 11.1. The highest BCUT2D eigenvalue weighted by Crippen LogP contribution is 2.41. The Balaban J connectivity index is 1.73. The van der Waals surface area contributed by atoms with E-state index in [9.17, 15) is 14.4 Å². The van der Waals surface area contributed by atoms with E-state index < -0.39 is 0 Å². The van der Waals surface area contributed by atoms with Crippen molar-refractivity contribution in [1.29, 1.82) is 0 Å². The first kappa shape index (κ1) is 22.7. The lowest BCUT2D eigenvalue weighted by Gasteiger charge is -2.27. The Bertz CT molecular complexity index is 1510. The molecule has 0 heterocycles. The summed E-state index contributed by atoms with van der Waals surface area (Å²) in [4.78, 5) is 41.2. The van der Waals surface area contributed by atoms with Crippen LogP contribution in [0.2, 0.25) is 0 Å². The molecule has 0 aromatic heterocycles. The molecule has 5 nitrogen and oxygen atoms in total. The summed E-state index contributed by atoms with van der Waals surface area (Å²) in [5.41, 5.74) is 5.48. The Kier molecular flexibility index (Phi) is 5.83. The normalized spacial score (nSPS) is 12.1. The number of amides is 1. The van der Waals surface area contributed by atoms with Crippen molar-refractivity contribution < 1.29 is 14.4 Å². The molecule has 1 N–H and O–H groups in total. The van der Waals surface area contributed by atoms with Crippen molar-refractivity contribution in [3.63, 3.8) is 0 Å². The molecule has 0 saturated carbocycles. The molecule has 4 aromatic carbocycles. The van der Waals surface area contributed by atoms with E-state index >= 15 is 0 Å². The molecule has 0 unspecified atom stereocenters. The number of fused-ring (bicyclic) bond motifs is 2. The van der Waals surface area contributed by atoms with Crippen LogP contribution in [0, 0.1) is 13.8 Å². The smallest absolute Gasteiger partial charge is 0.218 e. The summed E-state index contributed by atoms with van der Waals surface area (Å²) in [6, 6.07) is 23.5. The van der Waals surface area contributed by atoms with Crippen LogP contribution in [0.1, 0.15) is 43.0 Å². The third-order valence-corrected chi connectivity index (χ3v) is 6.78. The topological polar surface area (TPSA) is 66.5 Å². The highest BCUT2D eigenvalue weighted by atomic mass is 79.9. The summed E-state index contributed by atoms with van der Waals surface area (Å²) in [6.07, 6.45) is 0.669. The number of carbonyl (C=O) groups is 3. The molecule has 0 fully saturated rings. The predicted molar refractivity (Wildman–Crippen MR) is 141 cm³/mol. The summed E-state index contributed by atoms with van der Waals surface area (Å²) in [5, 5.41) is 3.31. The van der Waals surface area contributed by atoms with Crippen LogP contribution in [0.4, 0.5) is 22.7 Å². The quantitative estimate of drug-likeness (QED) is 0.254. The van der Waals surface area contributed by atoms with Gasteiger partial charge in [0.05, 0.1) is 28.2 Å². The van der Waals surface area contributed by atoms with Crippen LogP contribution in [0.5, 0.6) is 0 Å². The first-order chi connectivity index (χ1) is 16.9. The molecule has 1 amide bonds. The van der Waals surface area contributed by atoms with Crippen molar-refractivity contribution in [3.8, 4) is 0 Å². The average molecular weight is 525 g/mol. The highest BCUT2D eigenvalue weighted by molar-refractivity contribution is 9.10. The molecule has 6 heteroatoms. The molecule has 0 radical (unpaired) electrons. The molecule has 35 heavy (non-hydrogen) atoms. The number of nitrogens with zero attached hydrogens (tertiary/aromatic N) is 1. The van der Waals surface area contributed by atoms with Gasteiger partial charge < -0.3 is 5.32 Å². The number of benzene rings is 4. The van der Waals surface area contributed by atoms with Crippen molar-refractivity contribution in [1.82, 2.24) is 0 Å². The van der Waals surface area contributed by atoms with E-state index in [1.807, 2.05) is 56.3 Å². The minimum atomic E-state index is -0.296. The van der Waals surface area contributed by atoms with Gasteiger partial charge in [-0.15, -0.1) is 0 Å². The molecule has 0 saturated heterocycles. The second kappa shape index (κ2) is 8.96. The number of rotatable bonds is 5. The van der Waals surface area contributed by atoms with E-state index in [1.54, 1.807) is 36.4 Å². The summed E-state index contributed by atoms with van der Waals surface area (Å²) in [6.45, 7) is 3.95. The zero-order chi connectivity index (χ0) is 24.7. The van der Waals surface area contributed by atoms with Crippen molar-refractivity contribution in [2.24, 2.45) is 0 Å². The molecule has 1 aliphatic carbocycles. The number of hydrogen-bond acceptors (Lipinski definition) is 4. The Morgan fingerprint density at radius 1 is 0.743 bits per heavy atom. The van der Waals surface area contributed by atoms with Crippen LogP contribution in [-0.2, 0) is 4.79 Å². The van der Waals surface area contributed by atoms with E-state index in [2.05, 4.69) is 21.2 Å². The lowest BCUT2D eigenvalue weighted by Crippen LogP contribution is -2.26. The Labute approximate surface area is 211 Å². The summed E-state index contributed by atoms with van der Waals surface area (Å²) >= 11 is 3.57. The van der Waals surface area contributed by atoms with Gasteiger partial charge in [-0.2, -0.15) is 0 Å². The Morgan fingerprint density at radius 3 is 1.97 bits per heavy atom. The van der Waals surface area contributed by atoms with E-state index in [1.165, 1.54) is 4.90 Å². The molecular weight excluding hydrogens is 504 g/mol. The maximum Gasteiger partial charge on any atom is 0.218 e. The summed E-state index contributed by atoms with van der Waals surface area (Å²) < 4.78 is 0.833. The molecule has 0 aliphatic heterocycles.